The Morgan fingerprint density at radius 3 is 2.48 bits per heavy atom. The lowest BCUT2D eigenvalue weighted by atomic mass is 10.0. The maximum Gasteiger partial charge on any atom is 0.254 e. The summed E-state index contributed by atoms with van der Waals surface area (Å²) < 4.78 is 0. The third kappa shape index (κ3) is 4.52. The van der Waals surface area contributed by atoms with E-state index in [1.54, 1.807) is 0 Å². The van der Waals surface area contributed by atoms with Crippen molar-refractivity contribution in [3.05, 3.63) is 34.9 Å². The molecule has 0 saturated carbocycles. The molecule has 0 aliphatic carbocycles. The molecule has 1 aromatic rings. The van der Waals surface area contributed by atoms with E-state index in [1.807, 2.05) is 41.8 Å². The van der Waals surface area contributed by atoms with Gasteiger partial charge in [0.1, 0.15) is 0 Å². The average Bonchev–Trinajstić information content (AvgIpc) is 3.02. The van der Waals surface area contributed by atoms with Crippen molar-refractivity contribution >= 4 is 11.8 Å². The van der Waals surface area contributed by atoms with E-state index in [4.69, 9.17) is 0 Å². The van der Waals surface area contributed by atoms with Crippen molar-refractivity contribution in [3.63, 3.8) is 0 Å². The van der Waals surface area contributed by atoms with Gasteiger partial charge in [-0.3, -0.25) is 14.5 Å². The number of likely N-dealkylation sites (tertiary alicyclic amines) is 1. The molecule has 148 valence electrons. The number of amides is 2. The second-order valence-electron chi connectivity index (χ2n) is 8.46. The molecule has 0 bridgehead atoms. The van der Waals surface area contributed by atoms with Crippen LogP contribution in [0, 0.1) is 19.8 Å². The van der Waals surface area contributed by atoms with E-state index >= 15 is 0 Å². The highest BCUT2D eigenvalue weighted by Crippen LogP contribution is 2.21. The van der Waals surface area contributed by atoms with Crippen LogP contribution in [0.15, 0.2) is 18.2 Å². The highest BCUT2D eigenvalue weighted by molar-refractivity contribution is 5.96. The van der Waals surface area contributed by atoms with Crippen molar-refractivity contribution in [2.75, 3.05) is 39.3 Å². The van der Waals surface area contributed by atoms with Crippen LogP contribution in [-0.4, -0.2) is 71.8 Å². The molecular formula is C22H33N3O2. The van der Waals surface area contributed by atoms with Gasteiger partial charge in [0.2, 0.25) is 5.91 Å². The third-order valence-corrected chi connectivity index (χ3v) is 5.91. The highest BCUT2D eigenvalue weighted by Gasteiger charge is 2.37. The van der Waals surface area contributed by atoms with Gasteiger partial charge in [0.05, 0.1) is 6.04 Å². The first-order valence-electron chi connectivity index (χ1n) is 10.3. The number of benzene rings is 1. The summed E-state index contributed by atoms with van der Waals surface area (Å²) in [4.78, 5) is 31.9. The van der Waals surface area contributed by atoms with Gasteiger partial charge in [-0.15, -0.1) is 0 Å². The second kappa shape index (κ2) is 8.42. The molecule has 2 aliphatic heterocycles. The number of aryl methyl sites for hydroxylation is 2. The zero-order valence-corrected chi connectivity index (χ0v) is 17.2. The van der Waals surface area contributed by atoms with Gasteiger partial charge in [-0.25, -0.2) is 0 Å². The number of hydrogen-bond acceptors (Lipinski definition) is 3. The molecule has 0 spiro atoms. The molecule has 2 aliphatic rings. The SMILES string of the molecule is Cc1ccc(C)c(C(=O)N2CCN(C3CCN(CCC(C)C)C3=O)CC2)c1. The van der Waals surface area contributed by atoms with Crippen LogP contribution in [0.5, 0.6) is 0 Å². The van der Waals surface area contributed by atoms with Crippen LogP contribution in [0.25, 0.3) is 0 Å². The Kier molecular flexibility index (Phi) is 6.20. The third-order valence-electron chi connectivity index (χ3n) is 5.91. The molecule has 5 heteroatoms. The predicted octanol–water partition coefficient (Wildman–Crippen LogP) is 2.71. The zero-order chi connectivity index (χ0) is 19.6. The number of carbonyl (C=O) groups excluding carboxylic acids is 2. The fourth-order valence-corrected chi connectivity index (χ4v) is 4.07. The number of nitrogens with zero attached hydrogens (tertiary/aromatic N) is 3. The van der Waals surface area contributed by atoms with Crippen LogP contribution in [0.2, 0.25) is 0 Å². The highest BCUT2D eigenvalue weighted by atomic mass is 16.2. The zero-order valence-electron chi connectivity index (χ0n) is 17.2. The van der Waals surface area contributed by atoms with Crippen LogP contribution >= 0.6 is 0 Å². The molecule has 5 nitrogen and oxygen atoms in total. The molecule has 0 N–H and O–H groups in total. The average molecular weight is 372 g/mol. The molecule has 27 heavy (non-hydrogen) atoms. The van der Waals surface area contributed by atoms with Crippen LogP contribution in [0.3, 0.4) is 0 Å². The summed E-state index contributed by atoms with van der Waals surface area (Å²) in [6, 6.07) is 6.05. The first-order valence-corrected chi connectivity index (χ1v) is 10.3. The molecular weight excluding hydrogens is 338 g/mol. The van der Waals surface area contributed by atoms with Crippen molar-refractivity contribution in [2.45, 2.75) is 46.6 Å². The Morgan fingerprint density at radius 1 is 1.11 bits per heavy atom. The van der Waals surface area contributed by atoms with Gasteiger partial charge in [-0.05, 0) is 44.2 Å². The summed E-state index contributed by atoms with van der Waals surface area (Å²) in [5.74, 6) is 1.02. The van der Waals surface area contributed by atoms with E-state index in [-0.39, 0.29) is 17.9 Å². The molecule has 0 aromatic heterocycles. The molecule has 2 fully saturated rings. The molecule has 1 unspecified atom stereocenters. The standard InChI is InChI=1S/C22H33N3O2/c1-16(2)7-9-24-10-8-20(22(24)27)23-11-13-25(14-12-23)21(26)19-15-17(3)5-6-18(19)4/h5-6,15-16,20H,7-14H2,1-4H3. The number of rotatable bonds is 5. The minimum absolute atomic E-state index is 0.00937. The summed E-state index contributed by atoms with van der Waals surface area (Å²) in [6.07, 6.45) is 1.98. The molecule has 3 rings (SSSR count). The van der Waals surface area contributed by atoms with Gasteiger partial charge in [0.15, 0.2) is 0 Å². The maximum atomic E-state index is 12.9. The number of piperazine rings is 1. The van der Waals surface area contributed by atoms with Gasteiger partial charge in [-0.2, -0.15) is 0 Å². The quantitative estimate of drug-likeness (QED) is 0.799. The lowest BCUT2D eigenvalue weighted by Gasteiger charge is -2.37. The van der Waals surface area contributed by atoms with Gasteiger partial charge in [0, 0.05) is 44.8 Å². The molecule has 1 aromatic carbocycles. The van der Waals surface area contributed by atoms with Crippen molar-refractivity contribution in [3.8, 4) is 0 Å². The van der Waals surface area contributed by atoms with Gasteiger partial charge >= 0.3 is 0 Å². The Bertz CT molecular complexity index is 693. The summed E-state index contributed by atoms with van der Waals surface area (Å²) in [7, 11) is 0. The van der Waals surface area contributed by atoms with Gasteiger partial charge in [-0.1, -0.05) is 31.5 Å². The van der Waals surface area contributed by atoms with E-state index < -0.39 is 0 Å². The van der Waals surface area contributed by atoms with E-state index in [0.29, 0.717) is 19.0 Å². The Balaban J connectivity index is 1.55. The van der Waals surface area contributed by atoms with Gasteiger partial charge in [0.25, 0.3) is 5.91 Å². The normalized spacial score (nSPS) is 21.4. The molecule has 2 heterocycles. The predicted molar refractivity (Wildman–Crippen MR) is 108 cm³/mol. The molecule has 0 radical (unpaired) electrons. The Morgan fingerprint density at radius 2 is 1.81 bits per heavy atom. The van der Waals surface area contributed by atoms with Crippen LogP contribution in [0.1, 0.15) is 48.2 Å². The van der Waals surface area contributed by atoms with E-state index in [9.17, 15) is 9.59 Å². The largest absolute Gasteiger partial charge is 0.341 e. The lowest BCUT2D eigenvalue weighted by molar-refractivity contribution is -0.132. The van der Waals surface area contributed by atoms with Gasteiger partial charge < -0.3 is 9.80 Å². The van der Waals surface area contributed by atoms with Crippen molar-refractivity contribution in [1.29, 1.82) is 0 Å². The van der Waals surface area contributed by atoms with Crippen LogP contribution in [-0.2, 0) is 4.79 Å². The summed E-state index contributed by atoms with van der Waals surface area (Å²) in [5.41, 5.74) is 2.95. The first kappa shape index (κ1) is 19.9. The summed E-state index contributed by atoms with van der Waals surface area (Å²) in [6.45, 7) is 13.1. The van der Waals surface area contributed by atoms with Crippen molar-refractivity contribution in [1.82, 2.24) is 14.7 Å². The fourth-order valence-electron chi connectivity index (χ4n) is 4.07. The fraction of sp³-hybridized carbons (Fsp3) is 0.636. The van der Waals surface area contributed by atoms with Crippen LogP contribution in [0.4, 0.5) is 0 Å². The first-order chi connectivity index (χ1) is 12.9. The second-order valence-corrected chi connectivity index (χ2v) is 8.46. The molecule has 1 atom stereocenters. The number of carbonyl (C=O) groups is 2. The Labute approximate surface area is 163 Å². The molecule has 2 amide bonds. The van der Waals surface area contributed by atoms with Crippen molar-refractivity contribution in [2.24, 2.45) is 5.92 Å². The monoisotopic (exact) mass is 371 g/mol. The number of hydrogen-bond donors (Lipinski definition) is 0. The lowest BCUT2D eigenvalue weighted by Crippen LogP contribution is -2.53. The maximum absolute atomic E-state index is 12.9. The van der Waals surface area contributed by atoms with E-state index in [0.717, 1.165) is 55.7 Å². The van der Waals surface area contributed by atoms with Crippen molar-refractivity contribution < 1.29 is 9.59 Å². The topological polar surface area (TPSA) is 43.9 Å². The van der Waals surface area contributed by atoms with E-state index in [1.165, 1.54) is 0 Å². The molecule has 2 saturated heterocycles. The smallest absolute Gasteiger partial charge is 0.254 e. The minimum Gasteiger partial charge on any atom is -0.341 e. The Hall–Kier alpha value is -1.88. The summed E-state index contributed by atoms with van der Waals surface area (Å²) in [5, 5.41) is 0. The summed E-state index contributed by atoms with van der Waals surface area (Å²) >= 11 is 0. The van der Waals surface area contributed by atoms with Crippen LogP contribution < -0.4 is 0 Å². The minimum atomic E-state index is 0.00937. The van der Waals surface area contributed by atoms with E-state index in [2.05, 4.69) is 18.7 Å².